The zero-order chi connectivity index (χ0) is 15.3. The second-order valence-corrected chi connectivity index (χ2v) is 8.64. The lowest BCUT2D eigenvalue weighted by atomic mass is 9.82. The average Bonchev–Trinajstić information content (AvgIpc) is 3.11. The Morgan fingerprint density at radius 3 is 2.76 bits per heavy atom. The van der Waals surface area contributed by atoms with Gasteiger partial charge >= 0.3 is 0 Å². The van der Waals surface area contributed by atoms with Crippen molar-refractivity contribution in [3.05, 3.63) is 16.7 Å². The van der Waals surface area contributed by atoms with E-state index < -0.39 is 10.0 Å². The standard InChI is InChI=1S/C13H18ClN3O2S2/c1-3-13(4-2)5-6-16(9-13)21(18,19)11-10(14)15-12-17(11)7-8-20-12/h7-8H,3-6,9H2,1-2H3. The lowest BCUT2D eigenvalue weighted by molar-refractivity contribution is 0.279. The molecule has 1 aliphatic rings. The minimum Gasteiger partial charge on any atom is -0.279 e. The first-order valence-corrected chi connectivity index (χ1v) is 9.74. The topological polar surface area (TPSA) is 54.7 Å². The van der Waals surface area contributed by atoms with Gasteiger partial charge in [-0.2, -0.15) is 4.31 Å². The molecule has 0 amide bonds. The molecule has 1 fully saturated rings. The molecule has 0 saturated carbocycles. The van der Waals surface area contributed by atoms with Gasteiger partial charge in [0, 0.05) is 24.7 Å². The van der Waals surface area contributed by atoms with E-state index in [9.17, 15) is 8.42 Å². The average molecular weight is 348 g/mol. The van der Waals surface area contributed by atoms with Gasteiger partial charge in [0.1, 0.15) is 0 Å². The van der Waals surface area contributed by atoms with Gasteiger partial charge in [-0.15, -0.1) is 11.3 Å². The predicted molar refractivity (Wildman–Crippen MR) is 84.5 cm³/mol. The fourth-order valence-electron chi connectivity index (χ4n) is 3.02. The molecule has 3 rings (SSSR count). The molecule has 0 aliphatic carbocycles. The third kappa shape index (κ3) is 2.30. The number of nitrogens with zero attached hydrogens (tertiary/aromatic N) is 3. The highest BCUT2D eigenvalue weighted by atomic mass is 35.5. The van der Waals surface area contributed by atoms with Gasteiger partial charge in [-0.25, -0.2) is 13.4 Å². The van der Waals surface area contributed by atoms with E-state index in [1.54, 1.807) is 14.9 Å². The van der Waals surface area contributed by atoms with Gasteiger partial charge in [-0.05, 0) is 24.7 Å². The van der Waals surface area contributed by atoms with Crippen molar-refractivity contribution in [2.45, 2.75) is 38.1 Å². The number of imidazole rings is 1. The molecule has 2 aromatic heterocycles. The van der Waals surface area contributed by atoms with Crippen LogP contribution in [-0.2, 0) is 10.0 Å². The SMILES string of the molecule is CCC1(CC)CCN(S(=O)(=O)c2c(Cl)nc3sccn23)C1. The monoisotopic (exact) mass is 347 g/mol. The number of halogens is 1. The highest BCUT2D eigenvalue weighted by Gasteiger charge is 2.42. The summed E-state index contributed by atoms with van der Waals surface area (Å²) in [4.78, 5) is 4.74. The second kappa shape index (κ2) is 5.22. The maximum atomic E-state index is 12.9. The zero-order valence-electron chi connectivity index (χ0n) is 12.0. The van der Waals surface area contributed by atoms with Gasteiger partial charge in [-0.3, -0.25) is 4.40 Å². The number of rotatable bonds is 4. The van der Waals surface area contributed by atoms with E-state index in [2.05, 4.69) is 18.8 Å². The molecule has 21 heavy (non-hydrogen) atoms. The van der Waals surface area contributed by atoms with E-state index in [1.165, 1.54) is 11.3 Å². The van der Waals surface area contributed by atoms with Crippen molar-refractivity contribution in [1.29, 1.82) is 0 Å². The maximum absolute atomic E-state index is 12.9. The van der Waals surface area contributed by atoms with Crippen LogP contribution in [0.15, 0.2) is 16.6 Å². The van der Waals surface area contributed by atoms with Crippen LogP contribution in [0.2, 0.25) is 5.15 Å². The van der Waals surface area contributed by atoms with Gasteiger partial charge in [0.05, 0.1) is 0 Å². The fraction of sp³-hybridized carbons (Fsp3) is 0.615. The molecule has 1 saturated heterocycles. The molecule has 2 aromatic rings. The molecule has 5 nitrogen and oxygen atoms in total. The summed E-state index contributed by atoms with van der Waals surface area (Å²) in [5.41, 5.74) is 0.0952. The van der Waals surface area contributed by atoms with Crippen molar-refractivity contribution in [2.24, 2.45) is 5.41 Å². The van der Waals surface area contributed by atoms with E-state index >= 15 is 0 Å². The molecule has 0 atom stereocenters. The summed E-state index contributed by atoms with van der Waals surface area (Å²) in [6.45, 7) is 5.37. The summed E-state index contributed by atoms with van der Waals surface area (Å²) in [5.74, 6) is 0. The van der Waals surface area contributed by atoms with Crippen LogP contribution in [-0.4, -0.2) is 35.2 Å². The van der Waals surface area contributed by atoms with Crippen LogP contribution in [0.4, 0.5) is 0 Å². The van der Waals surface area contributed by atoms with Crippen molar-refractivity contribution in [3.63, 3.8) is 0 Å². The number of aromatic nitrogens is 2. The van der Waals surface area contributed by atoms with E-state index in [0.29, 0.717) is 18.1 Å². The Morgan fingerprint density at radius 2 is 2.14 bits per heavy atom. The summed E-state index contributed by atoms with van der Waals surface area (Å²) in [7, 11) is -3.61. The van der Waals surface area contributed by atoms with Crippen LogP contribution in [0.25, 0.3) is 4.96 Å². The highest BCUT2D eigenvalue weighted by Crippen LogP contribution is 2.40. The normalized spacial score (nSPS) is 19.6. The molecular weight excluding hydrogens is 330 g/mol. The summed E-state index contributed by atoms with van der Waals surface area (Å²) in [6, 6.07) is 0. The van der Waals surface area contributed by atoms with E-state index in [1.807, 2.05) is 5.38 Å². The Bertz CT molecular complexity index is 762. The van der Waals surface area contributed by atoms with Gasteiger partial charge < -0.3 is 0 Å². The minimum atomic E-state index is -3.61. The summed E-state index contributed by atoms with van der Waals surface area (Å²) < 4.78 is 29.0. The van der Waals surface area contributed by atoms with Crippen LogP contribution in [0.3, 0.4) is 0 Å². The van der Waals surface area contributed by atoms with Crippen molar-refractivity contribution in [1.82, 2.24) is 13.7 Å². The lowest BCUT2D eigenvalue weighted by Gasteiger charge is -2.26. The van der Waals surface area contributed by atoms with Crippen LogP contribution < -0.4 is 0 Å². The molecule has 0 unspecified atom stereocenters. The number of hydrogen-bond donors (Lipinski definition) is 0. The number of thiazole rings is 1. The Hall–Kier alpha value is -0.630. The van der Waals surface area contributed by atoms with Crippen LogP contribution >= 0.6 is 22.9 Å². The van der Waals surface area contributed by atoms with Gasteiger partial charge in [0.15, 0.2) is 15.1 Å². The first-order valence-electron chi connectivity index (χ1n) is 7.05. The molecule has 0 N–H and O–H groups in total. The minimum absolute atomic E-state index is 0.0624. The van der Waals surface area contributed by atoms with E-state index in [-0.39, 0.29) is 15.6 Å². The largest absolute Gasteiger partial charge is 0.279 e. The van der Waals surface area contributed by atoms with Crippen molar-refractivity contribution in [3.8, 4) is 0 Å². The van der Waals surface area contributed by atoms with Crippen molar-refractivity contribution in [2.75, 3.05) is 13.1 Å². The van der Waals surface area contributed by atoms with Gasteiger partial charge in [0.2, 0.25) is 0 Å². The molecule has 0 radical (unpaired) electrons. The third-order valence-electron chi connectivity index (χ3n) is 4.67. The Labute approximate surface area is 133 Å². The molecule has 3 heterocycles. The molecular formula is C13H18ClN3O2S2. The maximum Gasteiger partial charge on any atom is 0.262 e. The first kappa shape index (κ1) is 15.3. The zero-order valence-corrected chi connectivity index (χ0v) is 14.4. The molecule has 0 spiro atoms. The van der Waals surface area contributed by atoms with E-state index in [0.717, 1.165) is 19.3 Å². The smallest absolute Gasteiger partial charge is 0.262 e. The summed E-state index contributed by atoms with van der Waals surface area (Å²) in [6.07, 6.45) is 4.59. The first-order chi connectivity index (χ1) is 9.93. The predicted octanol–water partition coefficient (Wildman–Crippen LogP) is 3.25. The van der Waals surface area contributed by atoms with Crippen molar-refractivity contribution < 1.29 is 8.42 Å². The van der Waals surface area contributed by atoms with Crippen LogP contribution in [0.1, 0.15) is 33.1 Å². The molecule has 1 aliphatic heterocycles. The van der Waals surface area contributed by atoms with E-state index in [4.69, 9.17) is 11.6 Å². The third-order valence-corrected chi connectivity index (χ3v) is 7.67. The Kier molecular flexibility index (Phi) is 3.80. The van der Waals surface area contributed by atoms with Crippen LogP contribution in [0, 0.1) is 5.41 Å². The molecule has 0 bridgehead atoms. The summed E-state index contributed by atoms with van der Waals surface area (Å²) in [5, 5.41) is 1.97. The molecule has 116 valence electrons. The van der Waals surface area contributed by atoms with Crippen LogP contribution in [0.5, 0.6) is 0 Å². The Balaban J connectivity index is 2.02. The number of fused-ring (bicyclic) bond motifs is 1. The lowest BCUT2D eigenvalue weighted by Crippen LogP contribution is -2.32. The Morgan fingerprint density at radius 1 is 1.43 bits per heavy atom. The second-order valence-electron chi connectivity index (χ2n) is 5.56. The number of hydrogen-bond acceptors (Lipinski definition) is 4. The summed E-state index contributed by atoms with van der Waals surface area (Å²) >= 11 is 7.45. The van der Waals surface area contributed by atoms with Gasteiger partial charge in [-0.1, -0.05) is 25.4 Å². The quantitative estimate of drug-likeness (QED) is 0.853. The fourth-order valence-corrected chi connectivity index (χ4v) is 5.98. The van der Waals surface area contributed by atoms with Gasteiger partial charge in [0.25, 0.3) is 10.0 Å². The molecule has 8 heteroatoms. The number of sulfonamides is 1. The van der Waals surface area contributed by atoms with Crippen molar-refractivity contribution >= 4 is 37.9 Å². The highest BCUT2D eigenvalue weighted by molar-refractivity contribution is 7.89. The molecule has 0 aromatic carbocycles.